The molecule has 3 aliphatic rings. The van der Waals surface area contributed by atoms with Crippen molar-refractivity contribution in [2.75, 3.05) is 19.6 Å². The Morgan fingerprint density at radius 3 is 0.776 bits per heavy atom. The molecule has 15 aromatic rings. The van der Waals surface area contributed by atoms with E-state index in [9.17, 15) is 0 Å². The van der Waals surface area contributed by atoms with E-state index >= 15 is 0 Å². The average molecular weight is 1630 g/mol. The van der Waals surface area contributed by atoms with Gasteiger partial charge in [-0.2, -0.15) is 0 Å². The molecule has 1 fully saturated rings. The van der Waals surface area contributed by atoms with E-state index in [0.29, 0.717) is 5.92 Å². The molecule has 0 spiro atoms. The molecule has 0 saturated heterocycles. The van der Waals surface area contributed by atoms with Crippen LogP contribution in [0.5, 0.6) is 0 Å². The predicted molar refractivity (Wildman–Crippen MR) is 540 cm³/mol. The Kier molecular flexibility index (Phi) is 21.8. The summed E-state index contributed by atoms with van der Waals surface area (Å²) in [5.74, 6) is 0.311. The van der Waals surface area contributed by atoms with Gasteiger partial charge in [0.2, 0.25) is 0 Å². The van der Waals surface area contributed by atoms with Crippen molar-refractivity contribution in [3.05, 3.63) is 379 Å². The SMILES string of the molecule is CC(C)(C)c1ccc(-c2cc(C(C)(C)C)cc(-c3ccc(C(C)(C)C)cc3)c2N2c3ccc(-c4cccc(N(c5ccccc5)c5ccccc5)c4)cc3B3c4cc(-c5cccc(N(c6ccccc6)c6ccccc6)c5)ccc4N(c4c(-c5ccc(C(C)(C)C)cc5)cc(C(C)(C)C)cc4-c4ccc(C(C)(C)C)cc4)c4cc(C5CCCCC5)cc2c43)cc1. The summed E-state index contributed by atoms with van der Waals surface area (Å²) in [7, 11) is 0. The molecule has 0 amide bonds. The molecule has 0 aromatic heterocycles. The molecule has 125 heavy (non-hydrogen) atoms. The van der Waals surface area contributed by atoms with E-state index in [1.165, 1.54) is 142 Å². The minimum Gasteiger partial charge on any atom is -0.310 e. The van der Waals surface area contributed by atoms with Crippen molar-refractivity contribution in [2.24, 2.45) is 0 Å². The van der Waals surface area contributed by atoms with E-state index in [0.717, 1.165) is 80.6 Å². The summed E-state index contributed by atoms with van der Waals surface area (Å²) in [4.78, 5) is 10.4. The highest BCUT2D eigenvalue weighted by atomic mass is 15.2. The number of anilines is 12. The van der Waals surface area contributed by atoms with Gasteiger partial charge in [0, 0.05) is 79.1 Å². The first-order valence-electron chi connectivity index (χ1n) is 45.7. The van der Waals surface area contributed by atoms with Gasteiger partial charge in [0.05, 0.1) is 11.4 Å². The molecule has 4 nitrogen and oxygen atoms in total. The Labute approximate surface area is 746 Å². The highest BCUT2D eigenvalue weighted by Crippen LogP contribution is 2.57. The van der Waals surface area contributed by atoms with Gasteiger partial charge >= 0.3 is 0 Å². The minimum absolute atomic E-state index is 0.0688. The maximum Gasteiger partial charge on any atom is 0.252 e. The van der Waals surface area contributed by atoms with Crippen LogP contribution in [-0.4, -0.2) is 6.71 Å². The molecule has 2 heterocycles. The van der Waals surface area contributed by atoms with E-state index in [2.05, 4.69) is 484 Å². The van der Waals surface area contributed by atoms with Crippen molar-refractivity contribution in [2.45, 2.75) is 195 Å². The standard InChI is InChI=1S/C120H121BN4/c1-115(2,3)90-60-50-81(51-61-90)102-76-94(119(13,14)15)77-103(82-52-62-91(63-53-82)116(4,5)6)113(102)124-108-68-58-87(85-38-34-48-100(70-85)122(96-40-26-20-27-41-96)97-42-28-21-29-43-97)72-106(108)121-107-73-88(86-39-35-49-101(71-86)123(98-44-30-22-31-45-98)99-46-32-23-33-47-99)59-69-109(107)125(111-75-89(74-110(124)112(111)121)80-36-24-19-25-37-80)114-104(83-54-64-92(65-55-83)117(7,8)9)78-95(120(16,17)18)79-105(114)84-56-66-93(67-57-84)118(10,11)12/h20-23,26-35,38-80H,19,24-25,36-37H2,1-18H3. The maximum absolute atomic E-state index is 2.81. The molecule has 624 valence electrons. The average Bonchev–Trinajstić information content (AvgIpc) is 0.684. The van der Waals surface area contributed by atoms with Crippen LogP contribution in [0.15, 0.2) is 340 Å². The van der Waals surface area contributed by atoms with Gasteiger partial charge in [0.15, 0.2) is 0 Å². The second-order valence-electron chi connectivity index (χ2n) is 41.7. The zero-order chi connectivity index (χ0) is 87.2. The highest BCUT2D eigenvalue weighted by Gasteiger charge is 2.47. The molecular formula is C120H121BN4. The predicted octanol–water partition coefficient (Wildman–Crippen LogP) is 32.5. The summed E-state index contributed by atoms with van der Waals surface area (Å²) in [5.41, 5.74) is 39.9. The van der Waals surface area contributed by atoms with E-state index < -0.39 is 0 Å². The molecule has 0 atom stereocenters. The number of nitrogens with zero attached hydrogens (tertiary/aromatic N) is 4. The lowest BCUT2D eigenvalue weighted by Gasteiger charge is -2.46. The van der Waals surface area contributed by atoms with Gasteiger partial charge in [-0.15, -0.1) is 0 Å². The first-order chi connectivity index (χ1) is 59.8. The molecule has 18 rings (SSSR count). The first kappa shape index (κ1) is 83.5. The maximum atomic E-state index is 2.81. The van der Waals surface area contributed by atoms with Crippen LogP contribution in [0, 0.1) is 0 Å². The second kappa shape index (κ2) is 32.6. The van der Waals surface area contributed by atoms with Crippen LogP contribution in [0.4, 0.5) is 68.2 Å². The Morgan fingerprint density at radius 2 is 0.496 bits per heavy atom. The summed E-state index contributed by atoms with van der Waals surface area (Å²) >= 11 is 0. The summed E-state index contributed by atoms with van der Waals surface area (Å²) < 4.78 is 0. The normalized spacial score (nSPS) is 13.8. The molecule has 0 radical (unpaired) electrons. The van der Waals surface area contributed by atoms with Gasteiger partial charge in [0.25, 0.3) is 6.71 Å². The lowest BCUT2D eigenvalue weighted by molar-refractivity contribution is 0.444. The lowest BCUT2D eigenvalue weighted by atomic mass is 9.33. The van der Waals surface area contributed by atoms with Gasteiger partial charge in [-0.1, -0.05) is 362 Å². The van der Waals surface area contributed by atoms with Crippen molar-refractivity contribution >= 4 is 91.3 Å². The topological polar surface area (TPSA) is 13.0 Å². The molecule has 1 aliphatic carbocycles. The molecule has 0 unspecified atom stereocenters. The number of fused-ring (bicyclic) bond motifs is 4. The van der Waals surface area contributed by atoms with Crippen LogP contribution in [0.3, 0.4) is 0 Å². The van der Waals surface area contributed by atoms with Crippen LogP contribution < -0.4 is 36.0 Å². The fourth-order valence-electron chi connectivity index (χ4n) is 19.5. The van der Waals surface area contributed by atoms with Gasteiger partial charge in [0.1, 0.15) is 0 Å². The number of benzene rings is 15. The number of rotatable bonds is 15. The van der Waals surface area contributed by atoms with Crippen LogP contribution in [0.2, 0.25) is 0 Å². The van der Waals surface area contributed by atoms with Crippen LogP contribution in [-0.2, 0) is 32.5 Å². The molecule has 0 N–H and O–H groups in total. The molecule has 5 heteroatoms. The van der Waals surface area contributed by atoms with E-state index in [-0.39, 0.29) is 39.2 Å². The van der Waals surface area contributed by atoms with Gasteiger partial charge in [-0.3, -0.25) is 0 Å². The third kappa shape index (κ3) is 16.4. The molecule has 15 aromatic carbocycles. The fourth-order valence-corrected chi connectivity index (χ4v) is 19.5. The smallest absolute Gasteiger partial charge is 0.252 e. The Balaban J connectivity index is 1.01. The highest BCUT2D eigenvalue weighted by molar-refractivity contribution is 7.00. The zero-order valence-electron chi connectivity index (χ0n) is 76.8. The fraction of sp³-hybridized carbons (Fsp3) is 0.250. The van der Waals surface area contributed by atoms with Gasteiger partial charge < -0.3 is 19.6 Å². The second-order valence-corrected chi connectivity index (χ2v) is 41.7. The molecule has 0 bridgehead atoms. The third-order valence-corrected chi connectivity index (χ3v) is 26.7. The van der Waals surface area contributed by atoms with Crippen LogP contribution >= 0.6 is 0 Å². The van der Waals surface area contributed by atoms with Crippen molar-refractivity contribution in [3.8, 4) is 66.8 Å². The van der Waals surface area contributed by atoms with E-state index in [4.69, 9.17) is 0 Å². The molecular weight excluding hydrogens is 1510 g/mol. The molecule has 2 aliphatic heterocycles. The van der Waals surface area contributed by atoms with Crippen molar-refractivity contribution in [3.63, 3.8) is 0 Å². The monoisotopic (exact) mass is 1630 g/mol. The summed E-state index contributed by atoms with van der Waals surface area (Å²) in [5, 5.41) is 0. The quantitative estimate of drug-likeness (QED) is 0.0949. The van der Waals surface area contributed by atoms with Crippen molar-refractivity contribution in [1.29, 1.82) is 0 Å². The van der Waals surface area contributed by atoms with Crippen molar-refractivity contribution < 1.29 is 0 Å². The van der Waals surface area contributed by atoms with Gasteiger partial charge in [-0.25, -0.2) is 0 Å². The Hall–Kier alpha value is -12.4. The number of hydrogen-bond acceptors (Lipinski definition) is 4. The minimum atomic E-state index is -0.310. The number of hydrogen-bond donors (Lipinski definition) is 0. The summed E-state index contributed by atoms with van der Waals surface area (Å²) in [6, 6.07) is 132. The third-order valence-electron chi connectivity index (χ3n) is 26.7. The first-order valence-corrected chi connectivity index (χ1v) is 45.7. The van der Waals surface area contributed by atoms with E-state index in [1.807, 2.05) is 0 Å². The Morgan fingerprint density at radius 1 is 0.232 bits per heavy atom. The Bertz CT molecular complexity index is 5840. The zero-order valence-corrected chi connectivity index (χ0v) is 76.8. The summed E-state index contributed by atoms with van der Waals surface area (Å²) in [6.45, 7) is 42.2. The summed E-state index contributed by atoms with van der Waals surface area (Å²) in [6.07, 6.45) is 5.84. The van der Waals surface area contributed by atoms with E-state index in [1.54, 1.807) is 0 Å². The van der Waals surface area contributed by atoms with Crippen LogP contribution in [0.1, 0.15) is 202 Å². The van der Waals surface area contributed by atoms with Gasteiger partial charge in [-0.05, 0) is 272 Å². The number of para-hydroxylation sites is 4. The molecule has 1 saturated carbocycles. The lowest BCUT2D eigenvalue weighted by Crippen LogP contribution is -2.61. The largest absolute Gasteiger partial charge is 0.310 e. The van der Waals surface area contributed by atoms with Crippen molar-refractivity contribution in [1.82, 2.24) is 0 Å². The van der Waals surface area contributed by atoms with Crippen LogP contribution in [0.25, 0.3) is 66.8 Å².